The number of imide groups is 2. The summed E-state index contributed by atoms with van der Waals surface area (Å²) in [6, 6.07) is 3.30. The van der Waals surface area contributed by atoms with Gasteiger partial charge in [-0.1, -0.05) is 6.07 Å². The van der Waals surface area contributed by atoms with Crippen molar-refractivity contribution in [2.24, 2.45) is 0 Å². The number of carbonyl (C=O) groups is 6. The lowest BCUT2D eigenvalue weighted by atomic mass is 10.1. The highest BCUT2D eigenvalue weighted by Gasteiger charge is 2.45. The molecule has 12 heteroatoms. The van der Waals surface area contributed by atoms with Gasteiger partial charge in [-0.25, -0.2) is 4.79 Å². The third-order valence-electron chi connectivity index (χ3n) is 5.23. The number of nitrogens with zero attached hydrogens (tertiary/aromatic N) is 1. The third kappa shape index (κ3) is 5.64. The van der Waals surface area contributed by atoms with Gasteiger partial charge < -0.3 is 20.5 Å². The first-order chi connectivity index (χ1) is 15.8. The van der Waals surface area contributed by atoms with E-state index in [4.69, 9.17) is 9.84 Å². The average molecular weight is 460 g/mol. The summed E-state index contributed by atoms with van der Waals surface area (Å²) in [6.45, 7) is 0.193. The maximum absolute atomic E-state index is 13.0. The van der Waals surface area contributed by atoms with Crippen LogP contribution >= 0.6 is 0 Å². The summed E-state index contributed by atoms with van der Waals surface area (Å²) >= 11 is 0. The second-order valence-corrected chi connectivity index (χ2v) is 7.56. The zero-order valence-corrected chi connectivity index (χ0v) is 17.7. The maximum Gasteiger partial charge on any atom is 0.404 e. The van der Waals surface area contributed by atoms with Crippen LogP contribution in [-0.2, 0) is 14.4 Å². The van der Waals surface area contributed by atoms with Crippen LogP contribution in [0.1, 0.15) is 52.8 Å². The van der Waals surface area contributed by atoms with Gasteiger partial charge in [-0.15, -0.1) is 0 Å². The molecule has 2 aliphatic heterocycles. The van der Waals surface area contributed by atoms with Crippen LogP contribution in [0.3, 0.4) is 0 Å². The molecule has 3 rings (SSSR count). The first-order valence-electron chi connectivity index (χ1n) is 10.5. The Kier molecular flexibility index (Phi) is 7.59. The SMILES string of the molecule is O=C(O)NCCCCNC(=O)COc1cccc2c1C(=O)N(C1CCCC(=O)NC1=O)C2=O. The van der Waals surface area contributed by atoms with E-state index in [1.54, 1.807) is 0 Å². The van der Waals surface area contributed by atoms with Crippen LogP contribution in [0.5, 0.6) is 5.75 Å². The molecule has 1 aromatic carbocycles. The molecule has 0 saturated carbocycles. The lowest BCUT2D eigenvalue weighted by Gasteiger charge is -2.23. The number of carbonyl (C=O) groups excluding carboxylic acids is 5. The number of fused-ring (bicyclic) bond motifs is 1. The van der Waals surface area contributed by atoms with Crippen molar-refractivity contribution >= 4 is 35.6 Å². The van der Waals surface area contributed by atoms with Crippen LogP contribution < -0.4 is 20.7 Å². The van der Waals surface area contributed by atoms with Crippen molar-refractivity contribution in [2.45, 2.75) is 38.1 Å². The molecule has 0 radical (unpaired) electrons. The van der Waals surface area contributed by atoms with Crippen LogP contribution in [0.2, 0.25) is 0 Å². The minimum absolute atomic E-state index is 0.0292. The highest BCUT2D eigenvalue weighted by atomic mass is 16.5. The quantitative estimate of drug-likeness (QED) is 0.295. The first kappa shape index (κ1) is 23.7. The summed E-state index contributed by atoms with van der Waals surface area (Å²) in [5, 5.41) is 15.5. The number of amides is 6. The molecule has 1 saturated heterocycles. The largest absolute Gasteiger partial charge is 0.483 e. The molecule has 0 aromatic heterocycles. The summed E-state index contributed by atoms with van der Waals surface area (Å²) < 4.78 is 5.49. The van der Waals surface area contributed by atoms with Crippen molar-refractivity contribution in [3.8, 4) is 5.75 Å². The fourth-order valence-electron chi connectivity index (χ4n) is 3.66. The van der Waals surface area contributed by atoms with E-state index in [2.05, 4.69) is 16.0 Å². The van der Waals surface area contributed by atoms with E-state index < -0.39 is 48.3 Å². The number of rotatable bonds is 9. The molecule has 0 spiro atoms. The summed E-state index contributed by atoms with van der Waals surface area (Å²) in [4.78, 5) is 73.1. The Morgan fingerprint density at radius 2 is 1.82 bits per heavy atom. The molecule has 1 aromatic rings. The van der Waals surface area contributed by atoms with Crippen LogP contribution in [0.25, 0.3) is 0 Å². The zero-order valence-electron chi connectivity index (χ0n) is 17.7. The molecule has 176 valence electrons. The number of hydrogen-bond donors (Lipinski definition) is 4. The van der Waals surface area contributed by atoms with Gasteiger partial charge in [0.2, 0.25) is 11.8 Å². The van der Waals surface area contributed by atoms with Crippen molar-refractivity contribution in [1.29, 1.82) is 0 Å². The molecule has 4 N–H and O–H groups in total. The summed E-state index contributed by atoms with van der Waals surface area (Å²) in [5.41, 5.74) is 0.0330. The van der Waals surface area contributed by atoms with E-state index >= 15 is 0 Å². The summed E-state index contributed by atoms with van der Waals surface area (Å²) in [5.74, 6) is -2.94. The molecule has 2 heterocycles. The second kappa shape index (κ2) is 10.6. The van der Waals surface area contributed by atoms with Gasteiger partial charge in [0.25, 0.3) is 17.7 Å². The topological polar surface area (TPSA) is 171 Å². The Morgan fingerprint density at radius 1 is 1.09 bits per heavy atom. The van der Waals surface area contributed by atoms with Gasteiger partial charge in [0.1, 0.15) is 11.8 Å². The number of nitrogens with one attached hydrogen (secondary N) is 3. The minimum atomic E-state index is -1.11. The smallest absolute Gasteiger partial charge is 0.404 e. The van der Waals surface area contributed by atoms with Gasteiger partial charge in [-0.2, -0.15) is 0 Å². The fourth-order valence-corrected chi connectivity index (χ4v) is 3.66. The summed E-state index contributed by atoms with van der Waals surface area (Å²) in [7, 11) is 0. The van der Waals surface area contributed by atoms with Crippen molar-refractivity contribution in [1.82, 2.24) is 20.9 Å². The van der Waals surface area contributed by atoms with Crippen molar-refractivity contribution in [2.75, 3.05) is 19.7 Å². The molecule has 1 unspecified atom stereocenters. The van der Waals surface area contributed by atoms with Crippen LogP contribution in [0.15, 0.2) is 18.2 Å². The maximum atomic E-state index is 13.0. The van der Waals surface area contributed by atoms with Gasteiger partial charge in [0.05, 0.1) is 11.1 Å². The highest BCUT2D eigenvalue weighted by Crippen LogP contribution is 2.33. The molecular formula is C21H24N4O8. The Morgan fingerprint density at radius 3 is 2.55 bits per heavy atom. The number of hydrogen-bond acceptors (Lipinski definition) is 7. The molecule has 0 aliphatic carbocycles. The van der Waals surface area contributed by atoms with Gasteiger partial charge in [0.15, 0.2) is 6.61 Å². The van der Waals surface area contributed by atoms with E-state index in [0.717, 1.165) is 4.90 Å². The van der Waals surface area contributed by atoms with Gasteiger partial charge >= 0.3 is 6.09 Å². The predicted octanol–water partition coefficient (Wildman–Crippen LogP) is 0.0207. The van der Waals surface area contributed by atoms with Crippen LogP contribution in [-0.4, -0.2) is 71.4 Å². The van der Waals surface area contributed by atoms with Crippen molar-refractivity contribution in [3.63, 3.8) is 0 Å². The molecule has 2 aliphatic rings. The normalized spacial score (nSPS) is 17.8. The monoisotopic (exact) mass is 460 g/mol. The van der Waals surface area contributed by atoms with E-state index in [9.17, 15) is 28.8 Å². The Labute approximate surface area is 188 Å². The first-order valence-corrected chi connectivity index (χ1v) is 10.5. The number of carboxylic acid groups (broad SMARTS) is 1. The number of ether oxygens (including phenoxy) is 1. The average Bonchev–Trinajstić information content (AvgIpc) is 2.90. The van der Waals surface area contributed by atoms with E-state index in [1.807, 2.05) is 0 Å². The van der Waals surface area contributed by atoms with Crippen LogP contribution in [0.4, 0.5) is 4.79 Å². The molecule has 12 nitrogen and oxygen atoms in total. The lowest BCUT2D eigenvalue weighted by Crippen LogP contribution is -2.49. The fraction of sp³-hybridized carbons (Fsp3) is 0.429. The van der Waals surface area contributed by atoms with Gasteiger partial charge in [-0.3, -0.25) is 34.2 Å². The molecule has 6 amide bonds. The van der Waals surface area contributed by atoms with Crippen LogP contribution in [0, 0.1) is 0 Å². The van der Waals surface area contributed by atoms with Gasteiger partial charge in [0, 0.05) is 19.5 Å². The Balaban J connectivity index is 1.60. The predicted molar refractivity (Wildman–Crippen MR) is 111 cm³/mol. The Bertz CT molecular complexity index is 992. The zero-order chi connectivity index (χ0) is 24.0. The molecule has 1 atom stereocenters. The number of unbranched alkanes of at least 4 members (excludes halogenated alkanes) is 1. The van der Waals surface area contributed by atoms with Crippen molar-refractivity contribution in [3.05, 3.63) is 29.3 Å². The summed E-state index contributed by atoms with van der Waals surface area (Å²) in [6.07, 6.45) is 0.648. The third-order valence-corrected chi connectivity index (χ3v) is 5.23. The molecule has 33 heavy (non-hydrogen) atoms. The molecular weight excluding hydrogens is 436 g/mol. The number of benzene rings is 1. The van der Waals surface area contributed by atoms with Gasteiger partial charge in [-0.05, 0) is 37.8 Å². The van der Waals surface area contributed by atoms with E-state index in [1.165, 1.54) is 18.2 Å². The highest BCUT2D eigenvalue weighted by molar-refractivity contribution is 6.24. The lowest BCUT2D eigenvalue weighted by molar-refractivity contribution is -0.131. The van der Waals surface area contributed by atoms with E-state index in [-0.39, 0.29) is 36.3 Å². The second-order valence-electron chi connectivity index (χ2n) is 7.56. The molecule has 1 fully saturated rings. The van der Waals surface area contributed by atoms with E-state index in [0.29, 0.717) is 25.8 Å². The molecule has 0 bridgehead atoms. The Hall–Kier alpha value is -3.96. The standard InChI is InChI=1S/C21H24N4O8/c26-15-8-4-6-13(18(28)24-15)25-19(29)12-5-3-7-14(17(12)20(25)30)33-11-16(27)22-9-1-2-10-23-21(31)32/h3,5,7,13,23H,1-2,4,6,8-11H2,(H,22,27)(H,31,32)(H,24,26,28). The minimum Gasteiger partial charge on any atom is -0.483 e. The van der Waals surface area contributed by atoms with Crippen molar-refractivity contribution < 1.29 is 38.6 Å².